The maximum atomic E-state index is 13.8. The van der Waals surface area contributed by atoms with Crippen LogP contribution in [0.1, 0.15) is 38.8 Å². The van der Waals surface area contributed by atoms with E-state index in [4.69, 9.17) is 0 Å². The minimum absolute atomic E-state index is 0.0373. The zero-order chi connectivity index (χ0) is 22.3. The van der Waals surface area contributed by atoms with Crippen molar-refractivity contribution >= 4 is 11.6 Å². The summed E-state index contributed by atoms with van der Waals surface area (Å²) in [6.07, 6.45) is -5.98. The SMILES string of the molecule is Cn1cnnc1C[C@H](c1cccc(N2Cc3c(cccc3C(F)(F)F)C2=O)c1)C(F)F. The number of amides is 1. The highest BCUT2D eigenvalue weighted by Crippen LogP contribution is 2.39. The predicted octanol–water partition coefficient (Wildman–Crippen LogP) is 4.59. The number of benzene rings is 2. The number of carbonyl (C=O) groups excluding carboxylic acids is 1. The van der Waals surface area contributed by atoms with Crippen LogP contribution in [0.5, 0.6) is 0 Å². The van der Waals surface area contributed by atoms with E-state index in [1.54, 1.807) is 11.6 Å². The normalized spacial score (nSPS) is 14.9. The van der Waals surface area contributed by atoms with E-state index in [2.05, 4.69) is 10.2 Å². The van der Waals surface area contributed by atoms with Gasteiger partial charge in [-0.3, -0.25) is 4.79 Å². The van der Waals surface area contributed by atoms with Crippen LogP contribution in [0, 0.1) is 0 Å². The second-order valence-electron chi connectivity index (χ2n) is 7.32. The molecule has 2 heterocycles. The molecule has 162 valence electrons. The Kier molecular flexibility index (Phi) is 5.24. The molecule has 4 rings (SSSR count). The van der Waals surface area contributed by atoms with Crippen LogP contribution < -0.4 is 4.90 Å². The van der Waals surface area contributed by atoms with E-state index in [0.29, 0.717) is 5.82 Å². The zero-order valence-corrected chi connectivity index (χ0v) is 16.3. The largest absolute Gasteiger partial charge is 0.416 e. The lowest BCUT2D eigenvalue weighted by atomic mass is 9.95. The molecule has 0 unspecified atom stereocenters. The van der Waals surface area contributed by atoms with Gasteiger partial charge >= 0.3 is 6.18 Å². The molecular weight excluding hydrogens is 419 g/mol. The van der Waals surface area contributed by atoms with Crippen molar-refractivity contribution in [2.45, 2.75) is 31.5 Å². The van der Waals surface area contributed by atoms with Crippen LogP contribution in [0.25, 0.3) is 0 Å². The molecule has 1 aliphatic heterocycles. The molecule has 2 aromatic carbocycles. The van der Waals surface area contributed by atoms with Gasteiger partial charge in [-0.15, -0.1) is 10.2 Å². The number of nitrogens with zero attached hydrogens (tertiary/aromatic N) is 4. The third kappa shape index (κ3) is 3.89. The maximum Gasteiger partial charge on any atom is 0.416 e. The molecule has 0 aliphatic carbocycles. The molecule has 0 bridgehead atoms. The van der Waals surface area contributed by atoms with E-state index in [0.717, 1.165) is 6.07 Å². The number of hydrogen-bond acceptors (Lipinski definition) is 3. The Bertz CT molecular complexity index is 1120. The highest BCUT2D eigenvalue weighted by molar-refractivity contribution is 6.10. The number of anilines is 1. The summed E-state index contributed by atoms with van der Waals surface area (Å²) in [6.45, 7) is -0.282. The molecule has 0 fully saturated rings. The minimum Gasteiger partial charge on any atom is -0.321 e. The zero-order valence-electron chi connectivity index (χ0n) is 16.3. The van der Waals surface area contributed by atoms with Gasteiger partial charge in [0.1, 0.15) is 12.2 Å². The smallest absolute Gasteiger partial charge is 0.321 e. The van der Waals surface area contributed by atoms with Gasteiger partial charge in [0.15, 0.2) is 0 Å². The van der Waals surface area contributed by atoms with Crippen LogP contribution in [-0.2, 0) is 26.2 Å². The van der Waals surface area contributed by atoms with Crippen molar-refractivity contribution in [2.75, 3.05) is 4.90 Å². The lowest BCUT2D eigenvalue weighted by Gasteiger charge is -2.20. The molecule has 1 aliphatic rings. The summed E-state index contributed by atoms with van der Waals surface area (Å²) in [5, 5.41) is 7.54. The molecule has 0 N–H and O–H groups in total. The fourth-order valence-electron chi connectivity index (χ4n) is 3.77. The van der Waals surface area contributed by atoms with E-state index in [-0.39, 0.29) is 35.3 Å². The average Bonchev–Trinajstić information content (AvgIpc) is 3.28. The lowest BCUT2D eigenvalue weighted by Crippen LogP contribution is -2.23. The summed E-state index contributed by atoms with van der Waals surface area (Å²) in [5.41, 5.74) is -0.505. The number of halogens is 5. The molecule has 3 aromatic rings. The Labute approximate surface area is 174 Å². The van der Waals surface area contributed by atoms with Gasteiger partial charge in [-0.1, -0.05) is 18.2 Å². The first-order valence-corrected chi connectivity index (χ1v) is 9.38. The Morgan fingerprint density at radius 1 is 1.13 bits per heavy atom. The summed E-state index contributed by atoms with van der Waals surface area (Å²) in [5.74, 6) is -1.44. The third-order valence-electron chi connectivity index (χ3n) is 5.40. The van der Waals surface area contributed by atoms with E-state index >= 15 is 0 Å². The number of alkyl halides is 5. The van der Waals surface area contributed by atoms with Crippen LogP contribution in [0.4, 0.5) is 27.6 Å². The molecule has 10 heteroatoms. The van der Waals surface area contributed by atoms with Gasteiger partial charge in [-0.05, 0) is 35.4 Å². The second-order valence-corrected chi connectivity index (χ2v) is 7.32. The molecule has 5 nitrogen and oxygen atoms in total. The fraction of sp³-hybridized carbons (Fsp3) is 0.286. The summed E-state index contributed by atoms with van der Waals surface area (Å²) < 4.78 is 69.2. The van der Waals surface area contributed by atoms with Crippen molar-refractivity contribution in [3.05, 3.63) is 76.9 Å². The molecule has 0 saturated heterocycles. The van der Waals surface area contributed by atoms with Crippen molar-refractivity contribution in [3.8, 4) is 0 Å². The first kappa shape index (κ1) is 21.0. The second kappa shape index (κ2) is 7.75. The Balaban J connectivity index is 1.67. The minimum atomic E-state index is -4.60. The van der Waals surface area contributed by atoms with Crippen molar-refractivity contribution < 1.29 is 26.7 Å². The van der Waals surface area contributed by atoms with Crippen LogP contribution in [-0.4, -0.2) is 27.1 Å². The van der Waals surface area contributed by atoms with Crippen molar-refractivity contribution in [1.82, 2.24) is 14.8 Å². The Morgan fingerprint density at radius 3 is 2.52 bits per heavy atom. The Hall–Kier alpha value is -3.30. The monoisotopic (exact) mass is 436 g/mol. The summed E-state index contributed by atoms with van der Waals surface area (Å²) >= 11 is 0. The Morgan fingerprint density at radius 2 is 1.87 bits per heavy atom. The van der Waals surface area contributed by atoms with Crippen LogP contribution in [0.15, 0.2) is 48.8 Å². The van der Waals surface area contributed by atoms with Crippen LogP contribution in [0.2, 0.25) is 0 Å². The number of fused-ring (bicyclic) bond motifs is 1. The molecular formula is C21H17F5N4O. The van der Waals surface area contributed by atoms with Crippen LogP contribution >= 0.6 is 0 Å². The quantitative estimate of drug-likeness (QED) is 0.550. The highest BCUT2D eigenvalue weighted by Gasteiger charge is 2.39. The number of rotatable bonds is 5. The molecule has 0 spiro atoms. The average molecular weight is 436 g/mol. The molecule has 1 amide bonds. The molecule has 31 heavy (non-hydrogen) atoms. The van der Waals surface area contributed by atoms with Crippen molar-refractivity contribution in [2.24, 2.45) is 7.05 Å². The van der Waals surface area contributed by atoms with E-state index in [1.165, 1.54) is 47.6 Å². The van der Waals surface area contributed by atoms with Gasteiger partial charge in [0.2, 0.25) is 6.43 Å². The molecule has 1 atom stereocenters. The standard InChI is InChI=1S/C21H17F5N4O/c1-29-11-27-28-18(29)9-15(19(22)23)12-4-2-5-13(8-12)30-10-16-14(20(30)31)6-3-7-17(16)21(24,25)26/h2-8,11,15,19H,9-10H2,1H3/t15-/m1/s1. The summed E-state index contributed by atoms with van der Waals surface area (Å²) in [6, 6.07) is 9.42. The molecule has 0 saturated carbocycles. The van der Waals surface area contributed by atoms with Gasteiger partial charge in [0.05, 0.1) is 18.0 Å². The summed E-state index contributed by atoms with van der Waals surface area (Å²) in [4.78, 5) is 14.0. The number of aryl methyl sites for hydroxylation is 1. The van der Waals surface area contributed by atoms with E-state index < -0.39 is 30.0 Å². The van der Waals surface area contributed by atoms with Gasteiger partial charge in [0, 0.05) is 24.7 Å². The topological polar surface area (TPSA) is 51.0 Å². The van der Waals surface area contributed by atoms with Crippen molar-refractivity contribution in [1.29, 1.82) is 0 Å². The lowest BCUT2D eigenvalue weighted by molar-refractivity contribution is -0.138. The van der Waals surface area contributed by atoms with Crippen molar-refractivity contribution in [3.63, 3.8) is 0 Å². The molecule has 1 aromatic heterocycles. The van der Waals surface area contributed by atoms with Gasteiger partial charge in [-0.2, -0.15) is 13.2 Å². The number of carbonyl (C=O) groups is 1. The first-order chi connectivity index (χ1) is 14.7. The van der Waals surface area contributed by atoms with E-state index in [1.807, 2.05) is 0 Å². The first-order valence-electron chi connectivity index (χ1n) is 9.38. The highest BCUT2D eigenvalue weighted by atomic mass is 19.4. The fourth-order valence-corrected chi connectivity index (χ4v) is 3.77. The van der Waals surface area contributed by atoms with Crippen LogP contribution in [0.3, 0.4) is 0 Å². The molecule has 0 radical (unpaired) electrons. The van der Waals surface area contributed by atoms with Gasteiger partial charge in [0.25, 0.3) is 5.91 Å². The van der Waals surface area contributed by atoms with Gasteiger partial charge in [-0.25, -0.2) is 8.78 Å². The number of hydrogen-bond donors (Lipinski definition) is 0. The summed E-state index contributed by atoms with van der Waals surface area (Å²) in [7, 11) is 1.65. The third-order valence-corrected chi connectivity index (χ3v) is 5.40. The predicted molar refractivity (Wildman–Crippen MR) is 102 cm³/mol. The maximum absolute atomic E-state index is 13.8. The van der Waals surface area contributed by atoms with Gasteiger partial charge < -0.3 is 9.47 Å². The van der Waals surface area contributed by atoms with E-state index in [9.17, 15) is 26.7 Å². The number of aromatic nitrogens is 3.